The Labute approximate surface area is 78.5 Å². The van der Waals surface area contributed by atoms with Crippen molar-refractivity contribution in [3.63, 3.8) is 0 Å². The molecular formula is C12H13N. The third-order valence-electron chi connectivity index (χ3n) is 3.13. The Morgan fingerprint density at radius 2 is 1.92 bits per heavy atom. The minimum absolute atomic E-state index is 0.655. The second-order valence-corrected chi connectivity index (χ2v) is 3.89. The van der Waals surface area contributed by atoms with Gasteiger partial charge in [0.15, 0.2) is 0 Å². The van der Waals surface area contributed by atoms with Crippen LogP contribution in [0.3, 0.4) is 0 Å². The van der Waals surface area contributed by atoms with Gasteiger partial charge in [-0.25, -0.2) is 0 Å². The van der Waals surface area contributed by atoms with Gasteiger partial charge in [0.25, 0.3) is 0 Å². The van der Waals surface area contributed by atoms with E-state index in [1.165, 1.54) is 24.1 Å². The summed E-state index contributed by atoms with van der Waals surface area (Å²) >= 11 is 0. The van der Waals surface area contributed by atoms with Gasteiger partial charge in [-0.1, -0.05) is 30.4 Å². The van der Waals surface area contributed by atoms with E-state index in [0.717, 1.165) is 5.92 Å². The van der Waals surface area contributed by atoms with Crippen LogP contribution in [-0.2, 0) is 0 Å². The van der Waals surface area contributed by atoms with E-state index >= 15 is 0 Å². The maximum absolute atomic E-state index is 3.59. The van der Waals surface area contributed by atoms with E-state index in [0.29, 0.717) is 6.04 Å². The molecule has 1 heterocycles. The lowest BCUT2D eigenvalue weighted by Crippen LogP contribution is -2.21. The summed E-state index contributed by atoms with van der Waals surface area (Å²) in [4.78, 5) is 0. The number of rotatable bonds is 0. The quantitative estimate of drug-likeness (QED) is 0.592. The van der Waals surface area contributed by atoms with Crippen LogP contribution in [-0.4, -0.2) is 6.04 Å². The molecule has 1 aliphatic carbocycles. The van der Waals surface area contributed by atoms with Gasteiger partial charge in [-0.2, -0.15) is 0 Å². The Balaban J connectivity index is 2.05. The van der Waals surface area contributed by atoms with E-state index in [4.69, 9.17) is 0 Å². The van der Waals surface area contributed by atoms with E-state index in [-0.39, 0.29) is 0 Å². The minimum atomic E-state index is 0.655. The summed E-state index contributed by atoms with van der Waals surface area (Å²) in [7, 11) is 0. The van der Waals surface area contributed by atoms with E-state index in [9.17, 15) is 0 Å². The second kappa shape index (κ2) is 2.63. The Morgan fingerprint density at radius 3 is 2.92 bits per heavy atom. The zero-order chi connectivity index (χ0) is 8.67. The van der Waals surface area contributed by atoms with Crippen LogP contribution in [0.2, 0.25) is 0 Å². The molecule has 0 amide bonds. The van der Waals surface area contributed by atoms with Gasteiger partial charge in [0.1, 0.15) is 0 Å². The first-order valence-corrected chi connectivity index (χ1v) is 4.95. The Morgan fingerprint density at radius 1 is 1.08 bits per heavy atom. The number of fused-ring (bicyclic) bond motifs is 3. The third kappa shape index (κ3) is 0.998. The molecule has 1 nitrogen and oxygen atoms in total. The molecule has 0 bridgehead atoms. The zero-order valence-corrected chi connectivity index (χ0v) is 7.53. The fraction of sp³-hybridized carbons (Fsp3) is 0.333. The molecule has 66 valence electrons. The van der Waals surface area contributed by atoms with Gasteiger partial charge in [-0.05, 0) is 24.5 Å². The number of para-hydroxylation sites is 1. The molecule has 0 spiro atoms. The summed E-state index contributed by atoms with van der Waals surface area (Å²) in [5.74, 6) is 0.723. The molecule has 1 aromatic carbocycles. The van der Waals surface area contributed by atoms with Crippen molar-refractivity contribution in [1.82, 2.24) is 0 Å². The van der Waals surface area contributed by atoms with Crippen LogP contribution in [0.4, 0.5) is 5.69 Å². The number of hydrogen-bond acceptors (Lipinski definition) is 1. The molecule has 1 heteroatoms. The van der Waals surface area contributed by atoms with Gasteiger partial charge >= 0.3 is 0 Å². The predicted molar refractivity (Wildman–Crippen MR) is 55.0 cm³/mol. The Bertz CT molecular complexity index is 354. The van der Waals surface area contributed by atoms with Crippen LogP contribution in [0, 0.1) is 0 Å². The monoisotopic (exact) mass is 171 g/mol. The van der Waals surface area contributed by atoms with Crippen molar-refractivity contribution in [2.75, 3.05) is 5.32 Å². The largest absolute Gasteiger partial charge is 0.381 e. The van der Waals surface area contributed by atoms with Gasteiger partial charge in [0.05, 0.1) is 0 Å². The fourth-order valence-electron chi connectivity index (χ4n) is 2.47. The van der Waals surface area contributed by atoms with E-state index in [2.05, 4.69) is 41.7 Å². The molecule has 1 aromatic rings. The lowest BCUT2D eigenvalue weighted by molar-refractivity contribution is 0.582. The van der Waals surface area contributed by atoms with Crippen molar-refractivity contribution in [1.29, 1.82) is 0 Å². The highest BCUT2D eigenvalue weighted by Gasteiger charge is 2.31. The highest BCUT2D eigenvalue weighted by Crippen LogP contribution is 2.41. The molecule has 2 unspecified atom stereocenters. The molecular weight excluding hydrogens is 158 g/mol. The number of nitrogens with one attached hydrogen (secondary N) is 1. The molecule has 0 saturated carbocycles. The standard InChI is InChI=1S/C12H13N/c1-3-7-11-9(5-1)10-6-2-4-8-12(10)13-11/h1-5,7,10,12-13H,6,8H2. The van der Waals surface area contributed by atoms with Crippen LogP contribution in [0.15, 0.2) is 36.4 Å². The first kappa shape index (κ1) is 7.19. The minimum Gasteiger partial charge on any atom is -0.381 e. The van der Waals surface area contributed by atoms with Crippen molar-refractivity contribution >= 4 is 5.69 Å². The van der Waals surface area contributed by atoms with Crippen LogP contribution >= 0.6 is 0 Å². The Kier molecular flexibility index (Phi) is 1.45. The molecule has 0 radical (unpaired) electrons. The fourth-order valence-corrected chi connectivity index (χ4v) is 2.47. The SMILES string of the molecule is C1=CCC2c3ccccc3NC2C1. The van der Waals surface area contributed by atoms with Gasteiger partial charge < -0.3 is 5.32 Å². The molecule has 0 fully saturated rings. The van der Waals surface area contributed by atoms with Crippen molar-refractivity contribution in [2.24, 2.45) is 0 Å². The lowest BCUT2D eigenvalue weighted by Gasteiger charge is -2.21. The zero-order valence-electron chi connectivity index (χ0n) is 7.53. The van der Waals surface area contributed by atoms with Gasteiger partial charge in [0.2, 0.25) is 0 Å². The first-order chi connectivity index (χ1) is 6.45. The van der Waals surface area contributed by atoms with Gasteiger partial charge in [-0.3, -0.25) is 0 Å². The van der Waals surface area contributed by atoms with Crippen LogP contribution in [0.1, 0.15) is 24.3 Å². The van der Waals surface area contributed by atoms with Crippen molar-refractivity contribution in [3.8, 4) is 0 Å². The van der Waals surface area contributed by atoms with Crippen molar-refractivity contribution < 1.29 is 0 Å². The molecule has 0 saturated heterocycles. The number of benzene rings is 1. The molecule has 1 N–H and O–H groups in total. The smallest absolute Gasteiger partial charge is 0.0378 e. The van der Waals surface area contributed by atoms with Gasteiger partial charge in [-0.15, -0.1) is 0 Å². The third-order valence-corrected chi connectivity index (χ3v) is 3.13. The van der Waals surface area contributed by atoms with Crippen LogP contribution in [0.5, 0.6) is 0 Å². The average Bonchev–Trinajstić information content (AvgIpc) is 2.56. The second-order valence-electron chi connectivity index (χ2n) is 3.89. The summed E-state index contributed by atoms with van der Waals surface area (Å²) in [6.45, 7) is 0. The topological polar surface area (TPSA) is 12.0 Å². The summed E-state index contributed by atoms with van der Waals surface area (Å²) in [6, 6.07) is 9.35. The Hall–Kier alpha value is -1.24. The number of anilines is 1. The summed E-state index contributed by atoms with van der Waals surface area (Å²) < 4.78 is 0. The van der Waals surface area contributed by atoms with Crippen molar-refractivity contribution in [3.05, 3.63) is 42.0 Å². The van der Waals surface area contributed by atoms with Crippen molar-refractivity contribution in [2.45, 2.75) is 24.8 Å². The molecule has 1 aliphatic heterocycles. The molecule has 2 atom stereocenters. The number of hydrogen-bond donors (Lipinski definition) is 1. The molecule has 0 aromatic heterocycles. The van der Waals surface area contributed by atoms with E-state index in [1.54, 1.807) is 0 Å². The van der Waals surface area contributed by atoms with Crippen LogP contribution < -0.4 is 5.32 Å². The summed E-state index contributed by atoms with van der Waals surface area (Å²) in [5.41, 5.74) is 2.86. The molecule has 2 aliphatic rings. The summed E-state index contributed by atoms with van der Waals surface area (Å²) in [5, 5.41) is 3.59. The summed E-state index contributed by atoms with van der Waals surface area (Å²) in [6.07, 6.45) is 6.99. The maximum Gasteiger partial charge on any atom is 0.0378 e. The molecule has 3 rings (SSSR count). The normalized spacial score (nSPS) is 29.2. The lowest BCUT2D eigenvalue weighted by atomic mass is 9.87. The highest BCUT2D eigenvalue weighted by molar-refractivity contribution is 5.59. The van der Waals surface area contributed by atoms with Crippen LogP contribution in [0.25, 0.3) is 0 Å². The predicted octanol–water partition coefficient (Wildman–Crippen LogP) is 2.91. The highest BCUT2D eigenvalue weighted by atomic mass is 15.0. The number of allylic oxidation sites excluding steroid dienone is 1. The van der Waals surface area contributed by atoms with E-state index in [1.807, 2.05) is 0 Å². The molecule has 13 heavy (non-hydrogen) atoms. The van der Waals surface area contributed by atoms with E-state index < -0.39 is 0 Å². The average molecular weight is 171 g/mol. The van der Waals surface area contributed by atoms with Gasteiger partial charge in [0, 0.05) is 17.6 Å². The maximum atomic E-state index is 3.59. The first-order valence-electron chi connectivity index (χ1n) is 4.95.